The molecule has 3 aromatic heterocycles. The van der Waals surface area contributed by atoms with Crippen LogP contribution in [-0.4, -0.2) is 64.2 Å². The molecular weight excluding hydrogens is 470 g/mol. The van der Waals surface area contributed by atoms with E-state index in [-0.39, 0.29) is 17.8 Å². The molecule has 0 bridgehead atoms. The first kappa shape index (κ1) is 25.0. The van der Waals surface area contributed by atoms with E-state index < -0.39 is 21.4 Å². The Kier molecular flexibility index (Phi) is 7.95. The van der Waals surface area contributed by atoms with Gasteiger partial charge in [0.05, 0.1) is 17.7 Å². The molecule has 0 spiro atoms. The van der Waals surface area contributed by atoms with Crippen LogP contribution in [0.25, 0.3) is 11.4 Å². The van der Waals surface area contributed by atoms with Gasteiger partial charge in [0, 0.05) is 44.6 Å². The van der Waals surface area contributed by atoms with Crippen molar-refractivity contribution < 1.29 is 17.9 Å². The van der Waals surface area contributed by atoms with Crippen molar-refractivity contribution in [3.8, 4) is 11.4 Å². The highest BCUT2D eigenvalue weighted by Gasteiger charge is 2.34. The van der Waals surface area contributed by atoms with Gasteiger partial charge in [-0.25, -0.2) is 18.4 Å². The van der Waals surface area contributed by atoms with Gasteiger partial charge in [0.25, 0.3) is 0 Å². The van der Waals surface area contributed by atoms with Crippen molar-refractivity contribution >= 4 is 27.6 Å². The second-order valence-electron chi connectivity index (χ2n) is 7.54. The van der Waals surface area contributed by atoms with Crippen molar-refractivity contribution in [3.05, 3.63) is 47.3 Å². The summed E-state index contributed by atoms with van der Waals surface area (Å²) in [6.07, 6.45) is 5.19. The monoisotopic (exact) mass is 495 g/mol. The minimum Gasteiger partial charge on any atom is -0.383 e. The molecule has 3 heterocycles. The first-order valence-corrected chi connectivity index (χ1v) is 12.0. The lowest BCUT2D eigenvalue weighted by Crippen LogP contribution is -2.34. The summed E-state index contributed by atoms with van der Waals surface area (Å²) in [5.74, 6) is 0.709. The lowest BCUT2D eigenvalue weighted by Gasteiger charge is -2.23. The molecule has 3 aromatic rings. The maximum atomic E-state index is 13.3. The highest BCUT2D eigenvalue weighted by atomic mass is 35.5. The van der Waals surface area contributed by atoms with Crippen LogP contribution in [0.2, 0.25) is 5.02 Å². The molecule has 0 amide bonds. The van der Waals surface area contributed by atoms with Crippen LogP contribution in [0.3, 0.4) is 0 Å². The molecule has 3 rings (SSSR count). The Morgan fingerprint density at radius 3 is 2.42 bits per heavy atom. The van der Waals surface area contributed by atoms with Gasteiger partial charge in [0.1, 0.15) is 11.4 Å². The van der Waals surface area contributed by atoms with Crippen LogP contribution < -0.4 is 4.72 Å². The van der Waals surface area contributed by atoms with Gasteiger partial charge in [-0.2, -0.15) is 0 Å². The van der Waals surface area contributed by atoms with E-state index in [1.807, 2.05) is 19.9 Å². The predicted octanol–water partition coefficient (Wildman–Crippen LogP) is 2.82. The summed E-state index contributed by atoms with van der Waals surface area (Å²) in [5, 5.41) is 7.61. The summed E-state index contributed by atoms with van der Waals surface area (Å²) < 4.78 is 41.5. The second-order valence-corrected chi connectivity index (χ2v) is 10.0. The lowest BCUT2D eigenvalue weighted by atomic mass is 10.2. The first-order valence-electron chi connectivity index (χ1n) is 10.1. The number of nitrogens with one attached hydrogen (secondary N) is 1. The van der Waals surface area contributed by atoms with Crippen molar-refractivity contribution in [1.82, 2.24) is 29.7 Å². The normalized spacial score (nSPS) is 14.6. The van der Waals surface area contributed by atoms with Crippen LogP contribution in [0.4, 0.5) is 5.95 Å². The molecule has 13 heteroatoms. The molecule has 0 aliphatic rings. The van der Waals surface area contributed by atoms with E-state index in [0.717, 1.165) is 5.56 Å². The summed E-state index contributed by atoms with van der Waals surface area (Å²) in [4.78, 5) is 12.4. The maximum absolute atomic E-state index is 13.3. The van der Waals surface area contributed by atoms with Crippen molar-refractivity contribution in [1.29, 1.82) is 0 Å². The number of sulfonamides is 1. The fourth-order valence-corrected chi connectivity index (χ4v) is 4.56. The Bertz CT molecular complexity index is 1190. The quantitative estimate of drug-likeness (QED) is 0.450. The van der Waals surface area contributed by atoms with E-state index in [1.54, 1.807) is 24.1 Å². The molecule has 0 saturated heterocycles. The van der Waals surface area contributed by atoms with Gasteiger partial charge in [-0.15, -0.1) is 10.2 Å². The number of methoxy groups -OCH3 is 2. The van der Waals surface area contributed by atoms with Crippen molar-refractivity contribution in [2.75, 3.05) is 25.5 Å². The minimum atomic E-state index is -4.00. The smallest absolute Gasteiger partial charge is 0.240 e. The van der Waals surface area contributed by atoms with E-state index in [9.17, 15) is 8.42 Å². The molecule has 11 nitrogen and oxygen atoms in total. The lowest BCUT2D eigenvalue weighted by molar-refractivity contribution is 0.0950. The Hall–Kier alpha value is -2.67. The van der Waals surface area contributed by atoms with E-state index in [2.05, 4.69) is 29.9 Å². The van der Waals surface area contributed by atoms with Crippen molar-refractivity contribution in [3.63, 3.8) is 0 Å². The van der Waals surface area contributed by atoms with E-state index >= 15 is 0 Å². The summed E-state index contributed by atoms with van der Waals surface area (Å²) in [6.45, 7) is 5.60. The zero-order valence-corrected chi connectivity index (χ0v) is 20.5. The number of aryl methyl sites for hydroxylation is 1. The van der Waals surface area contributed by atoms with Crippen LogP contribution in [0.5, 0.6) is 0 Å². The average molecular weight is 496 g/mol. The molecule has 33 heavy (non-hydrogen) atoms. The summed E-state index contributed by atoms with van der Waals surface area (Å²) in [6, 6.07) is 1.62. The summed E-state index contributed by atoms with van der Waals surface area (Å²) in [7, 11) is -1.04. The van der Waals surface area contributed by atoms with Gasteiger partial charge in [0.2, 0.25) is 16.0 Å². The largest absolute Gasteiger partial charge is 0.383 e. The maximum Gasteiger partial charge on any atom is 0.240 e. The number of nitrogens with zero attached hydrogens (tertiary/aromatic N) is 6. The molecule has 0 aromatic carbocycles. The Balaban J connectivity index is 1.97. The molecule has 1 N–H and O–H groups in total. The molecule has 0 aliphatic carbocycles. The summed E-state index contributed by atoms with van der Waals surface area (Å²) >= 11 is 5.84. The van der Waals surface area contributed by atoms with E-state index in [4.69, 9.17) is 21.1 Å². The zero-order chi connectivity index (χ0) is 24.2. The van der Waals surface area contributed by atoms with Gasteiger partial charge < -0.3 is 9.47 Å². The predicted molar refractivity (Wildman–Crippen MR) is 123 cm³/mol. The van der Waals surface area contributed by atoms with Gasteiger partial charge in [0.15, 0.2) is 11.6 Å². The topological polar surface area (TPSA) is 134 Å². The Labute approximate surface area is 197 Å². The van der Waals surface area contributed by atoms with E-state index in [0.29, 0.717) is 23.0 Å². The van der Waals surface area contributed by atoms with Crippen molar-refractivity contribution in [2.45, 2.75) is 38.2 Å². The minimum absolute atomic E-state index is 0.0507. The number of ether oxygens (including phenoxy) is 2. The molecule has 0 unspecified atom stereocenters. The third kappa shape index (κ3) is 5.64. The van der Waals surface area contributed by atoms with Crippen LogP contribution in [0.1, 0.15) is 37.4 Å². The molecule has 0 radical (unpaired) electrons. The van der Waals surface area contributed by atoms with Gasteiger partial charge in [-0.3, -0.25) is 14.3 Å². The van der Waals surface area contributed by atoms with Gasteiger partial charge in [-0.05, 0) is 32.4 Å². The standard InChI is InChI=1S/C20H26ClN7O4S/c1-12-6-15(8-22-7-12)19-25-26-20(28(19)13(2)11-31-4)27-33(29,30)14(3)17(32-5)18-23-9-16(21)10-24-18/h6-10,13-14,17H,11H2,1-5H3,(H,26,27)/t13-,14+,17+/m1/s1. The molecule has 0 fully saturated rings. The summed E-state index contributed by atoms with van der Waals surface area (Å²) in [5.41, 5.74) is 1.64. The SMILES string of the molecule is COC[C@@H](C)n1c(NS(=O)(=O)[C@@H](C)[C@H](OC)c2ncc(Cl)cn2)nnc1-c1cncc(C)c1. The average Bonchev–Trinajstić information content (AvgIpc) is 3.18. The number of hydrogen-bond acceptors (Lipinski definition) is 9. The fraction of sp³-hybridized carbons (Fsp3) is 0.450. The Morgan fingerprint density at radius 1 is 1.12 bits per heavy atom. The third-order valence-electron chi connectivity index (χ3n) is 4.98. The molecule has 0 aliphatic heterocycles. The van der Waals surface area contributed by atoms with Crippen LogP contribution in [0.15, 0.2) is 30.9 Å². The van der Waals surface area contributed by atoms with Gasteiger partial charge in [-0.1, -0.05) is 11.6 Å². The highest BCUT2D eigenvalue weighted by molar-refractivity contribution is 7.93. The van der Waals surface area contributed by atoms with E-state index in [1.165, 1.54) is 26.4 Å². The molecule has 0 saturated carbocycles. The first-order chi connectivity index (χ1) is 15.7. The van der Waals surface area contributed by atoms with Crippen LogP contribution in [0, 0.1) is 6.92 Å². The number of aromatic nitrogens is 6. The van der Waals surface area contributed by atoms with Gasteiger partial charge >= 0.3 is 0 Å². The number of rotatable bonds is 10. The highest BCUT2D eigenvalue weighted by Crippen LogP contribution is 2.28. The van der Waals surface area contributed by atoms with Crippen LogP contribution in [-0.2, 0) is 19.5 Å². The number of halogens is 1. The van der Waals surface area contributed by atoms with Crippen LogP contribution >= 0.6 is 11.6 Å². The number of hydrogen-bond donors (Lipinski definition) is 1. The van der Waals surface area contributed by atoms with Crippen molar-refractivity contribution in [2.24, 2.45) is 0 Å². The molecular formula is C20H26ClN7O4S. The number of pyridine rings is 1. The molecule has 3 atom stereocenters. The third-order valence-corrected chi connectivity index (χ3v) is 6.86. The Morgan fingerprint density at radius 2 is 1.82 bits per heavy atom. The zero-order valence-electron chi connectivity index (χ0n) is 18.9. The molecule has 178 valence electrons. The fourth-order valence-electron chi connectivity index (χ4n) is 3.33. The number of anilines is 1. The second kappa shape index (κ2) is 10.5.